The van der Waals surface area contributed by atoms with Crippen molar-refractivity contribution < 1.29 is 14.3 Å². The van der Waals surface area contributed by atoms with Gasteiger partial charge in [0.15, 0.2) is 11.7 Å². The molecule has 3 aromatic rings. The van der Waals surface area contributed by atoms with E-state index in [1.165, 1.54) is 0 Å². The van der Waals surface area contributed by atoms with E-state index in [2.05, 4.69) is 21.2 Å². The number of methoxy groups -OCH3 is 1. The van der Waals surface area contributed by atoms with Crippen molar-refractivity contribution in [1.29, 1.82) is 0 Å². The highest BCUT2D eigenvalue weighted by molar-refractivity contribution is 7.80. The summed E-state index contributed by atoms with van der Waals surface area (Å²) in [5.74, 6) is 0.796. The van der Waals surface area contributed by atoms with Crippen LogP contribution in [0.3, 0.4) is 0 Å². The summed E-state index contributed by atoms with van der Waals surface area (Å²) in [4.78, 5) is 16.3. The minimum atomic E-state index is -0.382. The predicted octanol–water partition coefficient (Wildman–Crippen LogP) is 2.64. The lowest BCUT2D eigenvalue weighted by Crippen LogP contribution is -2.45. The topological polar surface area (TPSA) is 84.5 Å². The molecule has 0 atom stereocenters. The van der Waals surface area contributed by atoms with Crippen molar-refractivity contribution >= 4 is 39.8 Å². The molecule has 0 spiro atoms. The van der Waals surface area contributed by atoms with Crippen molar-refractivity contribution in [1.82, 2.24) is 15.8 Å². The van der Waals surface area contributed by atoms with Gasteiger partial charge < -0.3 is 14.8 Å². The molecule has 0 aliphatic carbocycles. The molecule has 0 aliphatic heterocycles. The third kappa shape index (κ3) is 4.83. The summed E-state index contributed by atoms with van der Waals surface area (Å²) in [5.41, 5.74) is 6.49. The Morgan fingerprint density at radius 2 is 1.81 bits per heavy atom. The number of nitrogens with zero attached hydrogens (tertiary/aromatic N) is 1. The van der Waals surface area contributed by atoms with Gasteiger partial charge in [0, 0.05) is 11.6 Å². The first kappa shape index (κ1) is 18.4. The van der Waals surface area contributed by atoms with Crippen LogP contribution in [0.15, 0.2) is 60.8 Å². The number of pyridine rings is 1. The number of amides is 1. The van der Waals surface area contributed by atoms with Gasteiger partial charge >= 0.3 is 0 Å². The SMILES string of the molecule is COc1ccccc1NC(=S)NNC(=O)COc1cccc2cccnc12. The Kier molecular flexibility index (Phi) is 6.01. The lowest BCUT2D eigenvalue weighted by atomic mass is 10.2. The molecule has 0 saturated carbocycles. The molecule has 2 aromatic carbocycles. The molecule has 3 rings (SSSR count). The van der Waals surface area contributed by atoms with Crippen molar-refractivity contribution in [2.75, 3.05) is 19.0 Å². The maximum Gasteiger partial charge on any atom is 0.276 e. The second-order valence-corrected chi connectivity index (χ2v) is 5.86. The minimum Gasteiger partial charge on any atom is -0.495 e. The monoisotopic (exact) mass is 382 g/mol. The largest absolute Gasteiger partial charge is 0.495 e. The predicted molar refractivity (Wildman–Crippen MR) is 108 cm³/mol. The number of carbonyl (C=O) groups excluding carboxylic acids is 1. The third-order valence-corrected chi connectivity index (χ3v) is 3.83. The van der Waals surface area contributed by atoms with Gasteiger partial charge in [-0.2, -0.15) is 0 Å². The summed E-state index contributed by atoms with van der Waals surface area (Å²) >= 11 is 5.16. The van der Waals surface area contributed by atoms with Crippen molar-refractivity contribution in [3.05, 3.63) is 60.8 Å². The molecule has 3 N–H and O–H groups in total. The summed E-state index contributed by atoms with van der Waals surface area (Å²) < 4.78 is 10.8. The molecule has 0 saturated heterocycles. The highest BCUT2D eigenvalue weighted by Gasteiger charge is 2.08. The number of aromatic nitrogens is 1. The molecule has 138 valence electrons. The first-order chi connectivity index (χ1) is 13.2. The summed E-state index contributed by atoms with van der Waals surface area (Å²) in [5, 5.41) is 4.11. The van der Waals surface area contributed by atoms with Crippen LogP contribution < -0.4 is 25.6 Å². The number of hydrogen-bond acceptors (Lipinski definition) is 5. The smallest absolute Gasteiger partial charge is 0.276 e. The number of carbonyl (C=O) groups is 1. The molecule has 0 radical (unpaired) electrons. The third-order valence-electron chi connectivity index (χ3n) is 3.63. The number of fused-ring (bicyclic) bond motifs is 1. The summed E-state index contributed by atoms with van der Waals surface area (Å²) in [6.07, 6.45) is 1.68. The maximum absolute atomic E-state index is 12.0. The van der Waals surface area contributed by atoms with Gasteiger partial charge in [-0.3, -0.25) is 20.6 Å². The average molecular weight is 382 g/mol. The lowest BCUT2D eigenvalue weighted by molar-refractivity contribution is -0.123. The minimum absolute atomic E-state index is 0.181. The van der Waals surface area contributed by atoms with Crippen molar-refractivity contribution in [2.45, 2.75) is 0 Å². The van der Waals surface area contributed by atoms with Crippen LogP contribution in [0, 0.1) is 0 Å². The van der Waals surface area contributed by atoms with E-state index < -0.39 is 0 Å². The van der Waals surface area contributed by atoms with E-state index in [1.807, 2.05) is 42.5 Å². The van der Waals surface area contributed by atoms with Gasteiger partial charge in [0.2, 0.25) is 0 Å². The quantitative estimate of drug-likeness (QED) is 0.462. The average Bonchev–Trinajstić information content (AvgIpc) is 2.71. The van der Waals surface area contributed by atoms with E-state index in [9.17, 15) is 4.79 Å². The van der Waals surface area contributed by atoms with Gasteiger partial charge in [-0.15, -0.1) is 0 Å². The molecule has 7 nitrogen and oxygen atoms in total. The van der Waals surface area contributed by atoms with E-state index in [-0.39, 0.29) is 17.6 Å². The number of anilines is 1. The van der Waals surface area contributed by atoms with Crippen LogP contribution in [0.5, 0.6) is 11.5 Å². The van der Waals surface area contributed by atoms with E-state index in [4.69, 9.17) is 21.7 Å². The number of nitrogens with one attached hydrogen (secondary N) is 3. The van der Waals surface area contributed by atoms with Crippen molar-refractivity contribution in [3.63, 3.8) is 0 Å². The molecule has 1 aromatic heterocycles. The zero-order valence-electron chi connectivity index (χ0n) is 14.6. The van der Waals surface area contributed by atoms with Gasteiger partial charge in [-0.1, -0.05) is 30.3 Å². The van der Waals surface area contributed by atoms with Gasteiger partial charge in [-0.25, -0.2) is 0 Å². The number of hydrogen-bond donors (Lipinski definition) is 3. The Balaban J connectivity index is 1.50. The van der Waals surface area contributed by atoms with Crippen molar-refractivity contribution in [2.24, 2.45) is 0 Å². The molecule has 0 fully saturated rings. The highest BCUT2D eigenvalue weighted by atomic mass is 32.1. The van der Waals surface area contributed by atoms with E-state index in [0.717, 1.165) is 5.39 Å². The molecule has 1 amide bonds. The Morgan fingerprint density at radius 3 is 2.67 bits per heavy atom. The number of thiocarbonyl (C=S) groups is 1. The van der Waals surface area contributed by atoms with Crippen LogP contribution in [0.25, 0.3) is 10.9 Å². The van der Waals surface area contributed by atoms with E-state index in [1.54, 1.807) is 25.4 Å². The first-order valence-corrected chi connectivity index (χ1v) is 8.53. The molecular formula is C19H18N4O3S. The zero-order valence-corrected chi connectivity index (χ0v) is 15.4. The Morgan fingerprint density at radius 1 is 1.04 bits per heavy atom. The molecule has 1 heterocycles. The summed E-state index contributed by atoms with van der Waals surface area (Å²) in [6, 6.07) is 16.6. The van der Waals surface area contributed by atoms with Gasteiger partial charge in [-0.05, 0) is 36.5 Å². The first-order valence-electron chi connectivity index (χ1n) is 8.13. The van der Waals surface area contributed by atoms with Gasteiger partial charge in [0.25, 0.3) is 5.91 Å². The lowest BCUT2D eigenvalue weighted by Gasteiger charge is -2.14. The van der Waals surface area contributed by atoms with Crippen LogP contribution >= 0.6 is 12.2 Å². The summed E-state index contributed by atoms with van der Waals surface area (Å²) in [7, 11) is 1.57. The normalized spacial score (nSPS) is 10.1. The number of ether oxygens (including phenoxy) is 2. The second-order valence-electron chi connectivity index (χ2n) is 5.45. The Hall–Kier alpha value is -3.39. The Bertz CT molecular complexity index is 959. The number of rotatable bonds is 5. The van der Waals surface area contributed by atoms with E-state index in [0.29, 0.717) is 22.7 Å². The van der Waals surface area contributed by atoms with Crippen LogP contribution in [0.1, 0.15) is 0 Å². The fraction of sp³-hybridized carbons (Fsp3) is 0.105. The second kappa shape index (κ2) is 8.81. The molecular weight excluding hydrogens is 364 g/mol. The van der Waals surface area contributed by atoms with Crippen molar-refractivity contribution in [3.8, 4) is 11.5 Å². The molecule has 27 heavy (non-hydrogen) atoms. The fourth-order valence-electron chi connectivity index (χ4n) is 2.40. The fourth-order valence-corrected chi connectivity index (χ4v) is 2.56. The highest BCUT2D eigenvalue weighted by Crippen LogP contribution is 2.23. The zero-order chi connectivity index (χ0) is 19.1. The van der Waals surface area contributed by atoms with Crippen LogP contribution in [0.2, 0.25) is 0 Å². The van der Waals surface area contributed by atoms with Gasteiger partial charge in [0.05, 0.1) is 12.8 Å². The number of hydrazine groups is 1. The van der Waals surface area contributed by atoms with E-state index >= 15 is 0 Å². The summed E-state index contributed by atoms with van der Waals surface area (Å²) in [6.45, 7) is -0.181. The number of para-hydroxylation sites is 3. The van der Waals surface area contributed by atoms with Crippen LogP contribution in [0.4, 0.5) is 5.69 Å². The Labute approximate surface area is 161 Å². The molecule has 0 aliphatic rings. The molecule has 0 bridgehead atoms. The standard InChI is InChI=1S/C19H18N4O3S/c1-25-15-9-3-2-8-14(15)21-19(27)23-22-17(24)12-26-16-10-4-6-13-7-5-11-20-18(13)16/h2-11H,12H2,1H3,(H,22,24)(H2,21,23,27). The molecule has 0 unspecified atom stereocenters. The van der Waals surface area contributed by atoms with Gasteiger partial charge in [0.1, 0.15) is 17.0 Å². The van der Waals surface area contributed by atoms with Crippen LogP contribution in [-0.4, -0.2) is 29.7 Å². The maximum atomic E-state index is 12.0. The number of benzene rings is 2. The molecule has 8 heteroatoms. The van der Waals surface area contributed by atoms with Crippen LogP contribution in [-0.2, 0) is 4.79 Å².